The molecule has 1 atom stereocenters. The van der Waals surface area contributed by atoms with E-state index in [2.05, 4.69) is 39.4 Å². The summed E-state index contributed by atoms with van der Waals surface area (Å²) in [6.07, 6.45) is 6.12. The van der Waals surface area contributed by atoms with Crippen molar-refractivity contribution in [2.24, 2.45) is 5.73 Å². The molecule has 0 saturated carbocycles. The van der Waals surface area contributed by atoms with Crippen LogP contribution in [0.1, 0.15) is 25.6 Å². The molecule has 2 rings (SSSR count). The normalized spacial score (nSPS) is 18.8. The molecule has 0 bridgehead atoms. The zero-order chi connectivity index (χ0) is 15.2. The minimum Gasteiger partial charge on any atom is -0.392 e. The Morgan fingerprint density at radius 2 is 2.05 bits per heavy atom. The zero-order valence-corrected chi connectivity index (χ0v) is 14.0. The van der Waals surface area contributed by atoms with Gasteiger partial charge in [-0.2, -0.15) is 0 Å². The van der Waals surface area contributed by atoms with Crippen LogP contribution in [0, 0.1) is 6.92 Å². The van der Waals surface area contributed by atoms with E-state index in [1.165, 1.54) is 0 Å². The Hall–Kier alpha value is -0.980. The van der Waals surface area contributed by atoms with Crippen LogP contribution in [0.2, 0.25) is 0 Å². The molecule has 1 fully saturated rings. The van der Waals surface area contributed by atoms with Gasteiger partial charge in [0, 0.05) is 51.7 Å². The first-order chi connectivity index (χ1) is 10.1. The molecule has 0 amide bonds. The number of thiocarbonyl (C=S) groups is 1. The van der Waals surface area contributed by atoms with E-state index in [1.807, 2.05) is 6.20 Å². The predicted octanol–water partition coefficient (Wildman–Crippen LogP) is 1.26. The number of nitrogens with zero attached hydrogens (tertiary/aromatic N) is 4. The molecule has 0 spiro atoms. The van der Waals surface area contributed by atoms with E-state index in [0.717, 1.165) is 57.9 Å². The summed E-state index contributed by atoms with van der Waals surface area (Å²) in [5.74, 6) is 1.09. The van der Waals surface area contributed by atoms with Gasteiger partial charge in [0.25, 0.3) is 0 Å². The SMILES string of the molecule is CCCC(C(N)=S)N1CCN(CCn2ccnc2C)CC1. The lowest BCUT2D eigenvalue weighted by Crippen LogP contribution is -2.54. The van der Waals surface area contributed by atoms with Gasteiger partial charge >= 0.3 is 0 Å². The van der Waals surface area contributed by atoms with Crippen molar-refractivity contribution in [3.63, 3.8) is 0 Å². The molecule has 1 aliphatic heterocycles. The molecule has 21 heavy (non-hydrogen) atoms. The van der Waals surface area contributed by atoms with Crippen LogP contribution in [0.3, 0.4) is 0 Å². The minimum absolute atomic E-state index is 0.281. The van der Waals surface area contributed by atoms with Gasteiger partial charge in [-0.15, -0.1) is 0 Å². The Balaban J connectivity index is 1.77. The molecule has 1 aromatic rings. The summed E-state index contributed by atoms with van der Waals surface area (Å²) < 4.78 is 2.21. The molecule has 1 aliphatic rings. The average molecular weight is 309 g/mol. The Bertz CT molecular complexity index is 451. The number of piperazine rings is 1. The molecular formula is C15H27N5S. The second-order valence-corrected chi connectivity index (χ2v) is 6.22. The van der Waals surface area contributed by atoms with Crippen molar-refractivity contribution in [3.05, 3.63) is 18.2 Å². The highest BCUT2D eigenvalue weighted by Gasteiger charge is 2.24. The average Bonchev–Trinajstić information content (AvgIpc) is 2.88. The Kier molecular flexibility index (Phi) is 6.14. The molecule has 1 saturated heterocycles. The largest absolute Gasteiger partial charge is 0.392 e. The first-order valence-electron chi connectivity index (χ1n) is 7.85. The lowest BCUT2D eigenvalue weighted by molar-refractivity contribution is 0.112. The first kappa shape index (κ1) is 16.4. The van der Waals surface area contributed by atoms with Gasteiger partial charge in [0.15, 0.2) is 0 Å². The van der Waals surface area contributed by atoms with Crippen LogP contribution in [0.5, 0.6) is 0 Å². The van der Waals surface area contributed by atoms with Gasteiger partial charge in [0.2, 0.25) is 0 Å². The second kappa shape index (κ2) is 7.87. The summed E-state index contributed by atoms with van der Waals surface area (Å²) in [5.41, 5.74) is 5.89. The van der Waals surface area contributed by atoms with Gasteiger partial charge in [0.1, 0.15) is 5.82 Å². The standard InChI is InChI=1S/C15H27N5S/c1-3-4-14(15(16)21)20-11-8-18(9-12-20)7-10-19-6-5-17-13(19)2/h5-6,14H,3-4,7-12H2,1-2H3,(H2,16,21). The smallest absolute Gasteiger partial charge is 0.105 e. The van der Waals surface area contributed by atoms with Crippen molar-refractivity contribution in [1.29, 1.82) is 0 Å². The third kappa shape index (κ3) is 4.49. The van der Waals surface area contributed by atoms with Crippen LogP contribution in [-0.2, 0) is 6.54 Å². The van der Waals surface area contributed by atoms with Crippen molar-refractivity contribution in [2.45, 2.75) is 39.3 Å². The minimum atomic E-state index is 0.281. The van der Waals surface area contributed by atoms with Crippen molar-refractivity contribution < 1.29 is 0 Å². The molecule has 5 nitrogen and oxygen atoms in total. The number of imidazole rings is 1. The van der Waals surface area contributed by atoms with Gasteiger partial charge < -0.3 is 10.3 Å². The zero-order valence-electron chi connectivity index (χ0n) is 13.2. The molecule has 6 heteroatoms. The van der Waals surface area contributed by atoms with Crippen LogP contribution in [0.4, 0.5) is 0 Å². The fourth-order valence-corrected chi connectivity index (χ4v) is 3.23. The number of hydrogen-bond donors (Lipinski definition) is 1. The monoisotopic (exact) mass is 309 g/mol. The van der Waals surface area contributed by atoms with E-state index in [0.29, 0.717) is 4.99 Å². The molecule has 1 unspecified atom stereocenters. The van der Waals surface area contributed by atoms with Crippen molar-refractivity contribution in [3.8, 4) is 0 Å². The lowest BCUT2D eigenvalue weighted by atomic mass is 10.1. The van der Waals surface area contributed by atoms with Gasteiger partial charge in [-0.1, -0.05) is 25.6 Å². The lowest BCUT2D eigenvalue weighted by Gasteiger charge is -2.39. The summed E-state index contributed by atoms with van der Waals surface area (Å²) in [5, 5.41) is 0. The number of rotatable bonds is 7. The van der Waals surface area contributed by atoms with Crippen molar-refractivity contribution >= 4 is 17.2 Å². The summed E-state index contributed by atoms with van der Waals surface area (Å²) in [4.78, 5) is 9.88. The highest BCUT2D eigenvalue weighted by atomic mass is 32.1. The third-order valence-electron chi connectivity index (χ3n) is 4.32. The summed E-state index contributed by atoms with van der Waals surface area (Å²) in [7, 11) is 0. The predicted molar refractivity (Wildman–Crippen MR) is 90.5 cm³/mol. The molecule has 2 N–H and O–H groups in total. The van der Waals surface area contributed by atoms with Crippen LogP contribution in [0.25, 0.3) is 0 Å². The Morgan fingerprint density at radius 1 is 1.33 bits per heavy atom. The molecule has 0 radical (unpaired) electrons. The summed E-state index contributed by atoms with van der Waals surface area (Å²) >= 11 is 5.22. The Morgan fingerprint density at radius 3 is 2.57 bits per heavy atom. The van der Waals surface area contributed by atoms with E-state index in [1.54, 1.807) is 0 Å². The van der Waals surface area contributed by atoms with Gasteiger partial charge in [-0.3, -0.25) is 9.80 Å². The fourth-order valence-electron chi connectivity index (χ4n) is 2.97. The molecule has 0 aliphatic carbocycles. The number of nitrogens with two attached hydrogens (primary N) is 1. The third-order valence-corrected chi connectivity index (χ3v) is 4.59. The topological polar surface area (TPSA) is 50.3 Å². The van der Waals surface area contributed by atoms with E-state index in [9.17, 15) is 0 Å². The second-order valence-electron chi connectivity index (χ2n) is 5.75. The molecule has 0 aromatic carbocycles. The Labute approximate surface area is 133 Å². The van der Waals surface area contributed by atoms with Gasteiger partial charge in [-0.05, 0) is 13.3 Å². The number of hydrogen-bond acceptors (Lipinski definition) is 4. The summed E-state index contributed by atoms with van der Waals surface area (Å²) in [6.45, 7) is 10.6. The number of aryl methyl sites for hydroxylation is 1. The van der Waals surface area contributed by atoms with E-state index in [-0.39, 0.29) is 6.04 Å². The first-order valence-corrected chi connectivity index (χ1v) is 8.26. The maximum Gasteiger partial charge on any atom is 0.105 e. The maximum atomic E-state index is 5.89. The fraction of sp³-hybridized carbons (Fsp3) is 0.733. The highest BCUT2D eigenvalue weighted by molar-refractivity contribution is 7.80. The van der Waals surface area contributed by atoms with Crippen LogP contribution >= 0.6 is 12.2 Å². The van der Waals surface area contributed by atoms with E-state index < -0.39 is 0 Å². The maximum absolute atomic E-state index is 5.89. The van der Waals surface area contributed by atoms with Crippen LogP contribution in [-0.4, -0.2) is 63.1 Å². The molecule has 1 aromatic heterocycles. The molecular weight excluding hydrogens is 282 g/mol. The van der Waals surface area contributed by atoms with Gasteiger partial charge in [-0.25, -0.2) is 4.98 Å². The van der Waals surface area contributed by atoms with E-state index in [4.69, 9.17) is 18.0 Å². The quantitative estimate of drug-likeness (QED) is 0.769. The van der Waals surface area contributed by atoms with Gasteiger partial charge in [0.05, 0.1) is 11.0 Å². The highest BCUT2D eigenvalue weighted by Crippen LogP contribution is 2.12. The van der Waals surface area contributed by atoms with Crippen LogP contribution < -0.4 is 5.73 Å². The van der Waals surface area contributed by atoms with Crippen LogP contribution in [0.15, 0.2) is 12.4 Å². The molecule has 118 valence electrons. The summed E-state index contributed by atoms with van der Waals surface area (Å²) in [6, 6.07) is 0.281. The molecule has 2 heterocycles. The van der Waals surface area contributed by atoms with Crippen molar-refractivity contribution in [1.82, 2.24) is 19.4 Å². The van der Waals surface area contributed by atoms with Crippen molar-refractivity contribution in [2.75, 3.05) is 32.7 Å². The number of aromatic nitrogens is 2. The van der Waals surface area contributed by atoms with E-state index >= 15 is 0 Å².